The number of hydrogen-bond donors (Lipinski definition) is 1. The highest BCUT2D eigenvalue weighted by atomic mass is 32.2. The maximum absolute atomic E-state index is 12.0. The predicted molar refractivity (Wildman–Crippen MR) is 77.3 cm³/mol. The smallest absolute Gasteiger partial charge is 0.279 e. The molecule has 2 aliphatic heterocycles. The van der Waals surface area contributed by atoms with Gasteiger partial charge in [0.1, 0.15) is 0 Å². The van der Waals surface area contributed by atoms with Crippen LogP contribution in [0.15, 0.2) is 0 Å². The van der Waals surface area contributed by atoms with Crippen LogP contribution in [0.1, 0.15) is 44.9 Å². The Morgan fingerprint density at radius 1 is 0.842 bits per heavy atom. The molecular weight excluding hydrogens is 262 g/mol. The Kier molecular flexibility index (Phi) is 6.06. The molecule has 2 saturated heterocycles. The van der Waals surface area contributed by atoms with E-state index in [0.29, 0.717) is 19.6 Å². The molecule has 0 aromatic carbocycles. The average Bonchev–Trinajstić information content (AvgIpc) is 2.46. The van der Waals surface area contributed by atoms with E-state index >= 15 is 0 Å². The molecule has 112 valence electrons. The lowest BCUT2D eigenvalue weighted by Gasteiger charge is -2.27. The van der Waals surface area contributed by atoms with E-state index in [9.17, 15) is 8.42 Å². The number of rotatable bonds is 6. The largest absolute Gasteiger partial charge is 0.303 e. The molecule has 0 radical (unpaired) electrons. The minimum atomic E-state index is -3.22. The Balaban J connectivity index is 1.63. The van der Waals surface area contributed by atoms with Crippen LogP contribution in [0.2, 0.25) is 0 Å². The first kappa shape index (κ1) is 15.2. The second-order valence-electron chi connectivity index (χ2n) is 5.61. The zero-order valence-corrected chi connectivity index (χ0v) is 12.6. The van der Waals surface area contributed by atoms with Gasteiger partial charge < -0.3 is 4.90 Å². The van der Waals surface area contributed by atoms with Gasteiger partial charge in [-0.15, -0.1) is 0 Å². The van der Waals surface area contributed by atoms with E-state index < -0.39 is 10.2 Å². The molecular formula is C13H27N3O2S. The van der Waals surface area contributed by atoms with Gasteiger partial charge in [0, 0.05) is 19.6 Å². The molecule has 0 atom stereocenters. The molecule has 2 heterocycles. The summed E-state index contributed by atoms with van der Waals surface area (Å²) in [4.78, 5) is 2.44. The van der Waals surface area contributed by atoms with E-state index in [0.717, 1.165) is 32.2 Å². The number of nitrogens with one attached hydrogen (secondary N) is 1. The van der Waals surface area contributed by atoms with Gasteiger partial charge >= 0.3 is 0 Å². The summed E-state index contributed by atoms with van der Waals surface area (Å²) < 4.78 is 28.4. The molecule has 2 rings (SSSR count). The first-order valence-electron chi connectivity index (χ1n) is 7.65. The molecule has 2 fully saturated rings. The lowest BCUT2D eigenvalue weighted by atomic mass is 10.1. The predicted octanol–water partition coefficient (Wildman–Crippen LogP) is 1.18. The van der Waals surface area contributed by atoms with Gasteiger partial charge in [0.15, 0.2) is 0 Å². The van der Waals surface area contributed by atoms with Crippen molar-refractivity contribution >= 4 is 10.2 Å². The number of piperidine rings is 2. The summed E-state index contributed by atoms with van der Waals surface area (Å²) in [6.45, 7) is 5.30. The third kappa shape index (κ3) is 5.02. The van der Waals surface area contributed by atoms with Crippen LogP contribution in [0.5, 0.6) is 0 Å². The summed E-state index contributed by atoms with van der Waals surface area (Å²) in [7, 11) is -3.22. The molecule has 0 aromatic heterocycles. The van der Waals surface area contributed by atoms with Crippen molar-refractivity contribution in [2.75, 3.05) is 39.3 Å². The molecule has 1 N–H and O–H groups in total. The molecule has 0 amide bonds. The maximum atomic E-state index is 12.0. The summed E-state index contributed by atoms with van der Waals surface area (Å²) in [5, 5.41) is 0. The van der Waals surface area contributed by atoms with Gasteiger partial charge in [-0.2, -0.15) is 12.7 Å². The number of hydrogen-bond acceptors (Lipinski definition) is 3. The zero-order chi connectivity index (χ0) is 13.6. The Morgan fingerprint density at radius 3 is 2.05 bits per heavy atom. The summed E-state index contributed by atoms with van der Waals surface area (Å²) in [6.07, 6.45) is 7.98. The lowest BCUT2D eigenvalue weighted by molar-refractivity contribution is 0.226. The van der Waals surface area contributed by atoms with Gasteiger partial charge in [0.05, 0.1) is 0 Å². The SMILES string of the molecule is O=S(=O)(NCCCN1CCCCC1)N1CCCCC1. The van der Waals surface area contributed by atoms with E-state index in [4.69, 9.17) is 0 Å². The van der Waals surface area contributed by atoms with Gasteiger partial charge in [-0.3, -0.25) is 0 Å². The highest BCUT2D eigenvalue weighted by molar-refractivity contribution is 7.87. The molecule has 2 aliphatic rings. The van der Waals surface area contributed by atoms with Crippen LogP contribution in [0.3, 0.4) is 0 Å². The third-order valence-corrected chi connectivity index (χ3v) is 5.65. The highest BCUT2D eigenvalue weighted by Crippen LogP contribution is 2.12. The van der Waals surface area contributed by atoms with Crippen molar-refractivity contribution in [2.24, 2.45) is 0 Å². The van der Waals surface area contributed by atoms with Crippen LogP contribution in [0, 0.1) is 0 Å². The Bertz CT molecular complexity index is 347. The van der Waals surface area contributed by atoms with E-state index in [1.54, 1.807) is 4.31 Å². The maximum Gasteiger partial charge on any atom is 0.279 e. The average molecular weight is 289 g/mol. The summed E-state index contributed by atoms with van der Waals surface area (Å²) in [5.41, 5.74) is 0. The number of nitrogens with zero attached hydrogens (tertiary/aromatic N) is 2. The molecule has 6 heteroatoms. The number of likely N-dealkylation sites (tertiary alicyclic amines) is 1. The van der Waals surface area contributed by atoms with E-state index in [-0.39, 0.29) is 0 Å². The second-order valence-corrected chi connectivity index (χ2v) is 7.37. The van der Waals surface area contributed by atoms with Crippen LogP contribution >= 0.6 is 0 Å². The molecule has 0 bridgehead atoms. The van der Waals surface area contributed by atoms with Gasteiger partial charge in [-0.05, 0) is 51.7 Å². The molecule has 0 saturated carbocycles. The van der Waals surface area contributed by atoms with Crippen molar-refractivity contribution in [1.82, 2.24) is 13.9 Å². The van der Waals surface area contributed by atoms with Crippen molar-refractivity contribution in [3.63, 3.8) is 0 Å². The van der Waals surface area contributed by atoms with Crippen LogP contribution in [-0.4, -0.2) is 56.9 Å². The van der Waals surface area contributed by atoms with Crippen molar-refractivity contribution in [3.8, 4) is 0 Å². The fourth-order valence-corrected chi connectivity index (χ4v) is 4.21. The van der Waals surface area contributed by atoms with E-state index in [1.807, 2.05) is 0 Å². The molecule has 0 aliphatic carbocycles. The molecule has 0 unspecified atom stereocenters. The fourth-order valence-electron chi connectivity index (χ4n) is 2.88. The molecule has 0 spiro atoms. The van der Waals surface area contributed by atoms with Gasteiger partial charge in [-0.1, -0.05) is 12.8 Å². The summed E-state index contributed by atoms with van der Waals surface area (Å²) >= 11 is 0. The molecule has 19 heavy (non-hydrogen) atoms. The van der Waals surface area contributed by atoms with Crippen molar-refractivity contribution in [2.45, 2.75) is 44.9 Å². The summed E-state index contributed by atoms with van der Waals surface area (Å²) in [6, 6.07) is 0. The van der Waals surface area contributed by atoms with Crippen LogP contribution < -0.4 is 4.72 Å². The topological polar surface area (TPSA) is 52.7 Å². The molecule has 0 aromatic rings. The first-order chi connectivity index (χ1) is 9.18. The normalized spacial score (nSPS) is 23.6. The van der Waals surface area contributed by atoms with Crippen LogP contribution in [0.4, 0.5) is 0 Å². The van der Waals surface area contributed by atoms with Crippen molar-refractivity contribution < 1.29 is 8.42 Å². The monoisotopic (exact) mass is 289 g/mol. The Morgan fingerprint density at radius 2 is 1.42 bits per heavy atom. The highest BCUT2D eigenvalue weighted by Gasteiger charge is 2.22. The first-order valence-corrected chi connectivity index (χ1v) is 9.09. The third-order valence-electron chi connectivity index (χ3n) is 4.04. The van der Waals surface area contributed by atoms with Gasteiger partial charge in [-0.25, -0.2) is 4.72 Å². The fraction of sp³-hybridized carbons (Fsp3) is 1.00. The Hall–Kier alpha value is -0.170. The quantitative estimate of drug-likeness (QED) is 0.747. The minimum Gasteiger partial charge on any atom is -0.303 e. The van der Waals surface area contributed by atoms with Crippen molar-refractivity contribution in [3.05, 3.63) is 0 Å². The van der Waals surface area contributed by atoms with Crippen LogP contribution in [0.25, 0.3) is 0 Å². The zero-order valence-electron chi connectivity index (χ0n) is 11.8. The second kappa shape index (κ2) is 7.57. The summed E-state index contributed by atoms with van der Waals surface area (Å²) in [5.74, 6) is 0. The van der Waals surface area contributed by atoms with Gasteiger partial charge in [0.25, 0.3) is 10.2 Å². The van der Waals surface area contributed by atoms with Gasteiger partial charge in [0.2, 0.25) is 0 Å². The Labute approximate surface area is 117 Å². The molecule has 5 nitrogen and oxygen atoms in total. The standard InChI is InChI=1S/C13H27N3O2S/c17-19(18,16-12-5-2-6-13-16)14-8-7-11-15-9-3-1-4-10-15/h14H,1-13H2. The van der Waals surface area contributed by atoms with E-state index in [2.05, 4.69) is 9.62 Å². The lowest BCUT2D eigenvalue weighted by Crippen LogP contribution is -2.44. The minimum absolute atomic E-state index is 0.565. The van der Waals surface area contributed by atoms with E-state index in [1.165, 1.54) is 32.4 Å². The van der Waals surface area contributed by atoms with Crippen LogP contribution in [-0.2, 0) is 10.2 Å². The van der Waals surface area contributed by atoms with Crippen molar-refractivity contribution in [1.29, 1.82) is 0 Å².